The molecule has 0 N–H and O–H groups in total. The molecular formula is C43H54. The van der Waals surface area contributed by atoms with Crippen molar-refractivity contribution in [1.82, 2.24) is 0 Å². The molecule has 0 nitrogen and oxygen atoms in total. The van der Waals surface area contributed by atoms with E-state index in [0.717, 1.165) is 50.4 Å². The highest BCUT2D eigenvalue weighted by Gasteiger charge is 2.42. The van der Waals surface area contributed by atoms with Crippen LogP contribution in [0, 0.1) is 29.1 Å². The van der Waals surface area contributed by atoms with Gasteiger partial charge >= 0.3 is 0 Å². The third-order valence-electron chi connectivity index (χ3n) is 13.2. The van der Waals surface area contributed by atoms with Gasteiger partial charge in [-0.1, -0.05) is 108 Å². The maximum Gasteiger partial charge on any atom is 0.0133 e. The van der Waals surface area contributed by atoms with Gasteiger partial charge in [-0.15, -0.1) is 0 Å². The lowest BCUT2D eigenvalue weighted by atomic mass is 9.62. The van der Waals surface area contributed by atoms with Crippen LogP contribution in [0.5, 0.6) is 0 Å². The fourth-order valence-corrected chi connectivity index (χ4v) is 10.2. The van der Waals surface area contributed by atoms with Gasteiger partial charge in [0, 0.05) is 11.3 Å². The lowest BCUT2D eigenvalue weighted by Gasteiger charge is -2.42. The second-order valence-electron chi connectivity index (χ2n) is 15.2. The van der Waals surface area contributed by atoms with Gasteiger partial charge in [-0.05, 0) is 143 Å². The molecule has 2 aromatic rings. The first-order valence-electron chi connectivity index (χ1n) is 17.9. The zero-order valence-corrected chi connectivity index (χ0v) is 27.4. The molecule has 0 saturated heterocycles. The van der Waals surface area contributed by atoms with Crippen LogP contribution >= 0.6 is 0 Å². The Labute approximate surface area is 262 Å². The van der Waals surface area contributed by atoms with Gasteiger partial charge < -0.3 is 0 Å². The van der Waals surface area contributed by atoms with Crippen LogP contribution in [0.25, 0.3) is 16.3 Å². The number of rotatable bonds is 6. The summed E-state index contributed by atoms with van der Waals surface area (Å²) in [6, 6.07) is 9.88. The average Bonchev–Trinajstić information content (AvgIpc) is 3.40. The molecule has 5 aliphatic rings. The molecule has 0 amide bonds. The minimum absolute atomic E-state index is 0.0603. The maximum atomic E-state index is 4.76. The fraction of sp³-hybridized carbons (Fsp3) is 0.535. The predicted octanol–water partition coefficient (Wildman–Crippen LogP) is 12.1. The van der Waals surface area contributed by atoms with Crippen molar-refractivity contribution in [2.24, 2.45) is 29.1 Å². The Balaban J connectivity index is 1.16. The van der Waals surface area contributed by atoms with Crippen LogP contribution in [0.2, 0.25) is 0 Å². The van der Waals surface area contributed by atoms with E-state index in [-0.39, 0.29) is 5.41 Å². The van der Waals surface area contributed by atoms with Crippen LogP contribution in [-0.2, 0) is 19.3 Å². The first kappa shape index (κ1) is 29.1. The molecule has 2 aromatic carbocycles. The zero-order chi connectivity index (χ0) is 29.9. The highest BCUT2D eigenvalue weighted by atomic mass is 14.5. The van der Waals surface area contributed by atoms with Gasteiger partial charge in [0.25, 0.3) is 0 Å². The van der Waals surface area contributed by atoms with E-state index >= 15 is 0 Å². The van der Waals surface area contributed by atoms with Crippen LogP contribution in [-0.4, -0.2) is 0 Å². The van der Waals surface area contributed by atoms with Crippen molar-refractivity contribution < 1.29 is 0 Å². The monoisotopic (exact) mass is 570 g/mol. The number of allylic oxidation sites excluding steroid dienone is 7. The van der Waals surface area contributed by atoms with Gasteiger partial charge in [-0.25, -0.2) is 0 Å². The quantitative estimate of drug-likeness (QED) is 0.303. The minimum atomic E-state index is 0.0603. The summed E-state index contributed by atoms with van der Waals surface area (Å²) in [6.07, 6.45) is 22.1. The topological polar surface area (TPSA) is 0 Å². The van der Waals surface area contributed by atoms with Crippen molar-refractivity contribution in [3.05, 3.63) is 100 Å². The Bertz CT molecular complexity index is 1540. The number of benzene rings is 2. The van der Waals surface area contributed by atoms with Gasteiger partial charge in [-0.3, -0.25) is 0 Å². The summed E-state index contributed by atoms with van der Waals surface area (Å²) in [4.78, 5) is 0. The van der Waals surface area contributed by atoms with Crippen LogP contribution < -0.4 is 0 Å². The maximum absolute atomic E-state index is 4.76. The number of hydrogen-bond donors (Lipinski definition) is 0. The van der Waals surface area contributed by atoms with Gasteiger partial charge in [-0.2, -0.15) is 0 Å². The highest BCUT2D eigenvalue weighted by Crippen LogP contribution is 2.57. The lowest BCUT2D eigenvalue weighted by Crippen LogP contribution is -2.28. The molecule has 226 valence electrons. The van der Waals surface area contributed by atoms with Crippen molar-refractivity contribution in [2.45, 2.75) is 117 Å². The first-order valence-corrected chi connectivity index (χ1v) is 17.9. The molecule has 5 aliphatic carbocycles. The number of aryl methyl sites for hydroxylation is 1. The molecular weight excluding hydrogens is 516 g/mol. The second kappa shape index (κ2) is 11.4. The molecule has 1 unspecified atom stereocenters. The average molecular weight is 571 g/mol. The largest absolute Gasteiger partial charge is 0.0992 e. The summed E-state index contributed by atoms with van der Waals surface area (Å²) in [5.74, 6) is 3.15. The van der Waals surface area contributed by atoms with E-state index in [4.69, 9.17) is 6.58 Å². The van der Waals surface area contributed by atoms with Gasteiger partial charge in [0.1, 0.15) is 0 Å². The number of hydrogen-bond acceptors (Lipinski definition) is 0. The van der Waals surface area contributed by atoms with E-state index in [1.54, 1.807) is 11.1 Å². The Morgan fingerprint density at radius 3 is 2.37 bits per heavy atom. The molecule has 7 rings (SSSR count). The van der Waals surface area contributed by atoms with Crippen LogP contribution in [0.4, 0.5) is 0 Å². The van der Waals surface area contributed by atoms with E-state index in [2.05, 4.69) is 64.3 Å². The van der Waals surface area contributed by atoms with E-state index in [1.807, 2.05) is 0 Å². The number of fused-ring (bicyclic) bond motifs is 4. The molecule has 0 heteroatoms. The molecule has 2 fully saturated rings. The molecule has 2 saturated carbocycles. The highest BCUT2D eigenvalue weighted by molar-refractivity contribution is 5.95. The molecule has 43 heavy (non-hydrogen) atoms. The van der Waals surface area contributed by atoms with E-state index in [0.29, 0.717) is 11.8 Å². The van der Waals surface area contributed by atoms with Crippen LogP contribution in [0.3, 0.4) is 0 Å². The summed E-state index contributed by atoms with van der Waals surface area (Å²) in [5, 5.41) is 2.87. The van der Waals surface area contributed by atoms with Crippen molar-refractivity contribution in [1.29, 1.82) is 0 Å². The smallest absolute Gasteiger partial charge is 0.0133 e. The van der Waals surface area contributed by atoms with Crippen molar-refractivity contribution in [3.8, 4) is 0 Å². The predicted molar refractivity (Wildman–Crippen MR) is 186 cm³/mol. The van der Waals surface area contributed by atoms with E-state index < -0.39 is 0 Å². The van der Waals surface area contributed by atoms with Crippen LogP contribution in [0.15, 0.2) is 77.9 Å². The second-order valence-corrected chi connectivity index (χ2v) is 15.2. The summed E-state index contributed by atoms with van der Waals surface area (Å²) >= 11 is 0. The molecule has 0 heterocycles. The standard InChI is InChI=1S/C43H54/c1-7-35-37-21-15-30(22-27(3)31-16-18-33(19-17-31)32-12-10-9-11-13-32)23-34(37)24-39-40(35)25-38-29(5)36-20-14-28(4)43(6,8-2)42(36)26-41(38)39/h15,21,23-24,26,31-33,38H,3-5,7-14,16-20,22,25H2,1-2,6H3/t31?,33?,38?,43-/m0/s1. The third kappa shape index (κ3) is 4.87. The summed E-state index contributed by atoms with van der Waals surface area (Å²) < 4.78 is 0. The van der Waals surface area contributed by atoms with Crippen molar-refractivity contribution in [2.75, 3.05) is 0 Å². The van der Waals surface area contributed by atoms with Crippen molar-refractivity contribution in [3.63, 3.8) is 0 Å². The zero-order valence-electron chi connectivity index (χ0n) is 27.4. The molecule has 0 bridgehead atoms. The van der Waals surface area contributed by atoms with Gasteiger partial charge in [0.2, 0.25) is 0 Å². The van der Waals surface area contributed by atoms with E-state index in [1.165, 1.54) is 113 Å². The fourth-order valence-electron chi connectivity index (χ4n) is 10.2. The van der Waals surface area contributed by atoms with Crippen molar-refractivity contribution >= 4 is 16.3 Å². The lowest BCUT2D eigenvalue weighted by molar-refractivity contribution is 0.176. The summed E-state index contributed by atoms with van der Waals surface area (Å²) in [7, 11) is 0. The Kier molecular flexibility index (Phi) is 7.72. The Morgan fingerprint density at radius 1 is 0.907 bits per heavy atom. The Hall–Kier alpha value is -2.60. The molecule has 0 aliphatic heterocycles. The Morgan fingerprint density at radius 2 is 1.65 bits per heavy atom. The van der Waals surface area contributed by atoms with Gasteiger partial charge in [0.15, 0.2) is 0 Å². The summed E-state index contributed by atoms with van der Waals surface area (Å²) in [5.41, 5.74) is 15.0. The minimum Gasteiger partial charge on any atom is -0.0992 e. The van der Waals surface area contributed by atoms with E-state index in [9.17, 15) is 0 Å². The normalized spacial score (nSPS) is 29.4. The van der Waals surface area contributed by atoms with Crippen LogP contribution in [0.1, 0.15) is 120 Å². The molecule has 0 radical (unpaired) electrons. The van der Waals surface area contributed by atoms with Gasteiger partial charge in [0.05, 0.1) is 0 Å². The molecule has 2 atom stereocenters. The summed E-state index contributed by atoms with van der Waals surface area (Å²) in [6.45, 7) is 21.1. The first-order chi connectivity index (χ1) is 20.8. The third-order valence-corrected chi connectivity index (χ3v) is 13.2. The SMILES string of the molecule is C=C(Cc1ccc2c(CC)c3c(cc2c1)C1=CC2=C(CCC(=C)[C@]2(C)CC)C(=C)C1C3)C1CCC(C2CCCCC2)CC1. The molecule has 0 spiro atoms. The molecule has 0 aromatic heterocycles.